The lowest BCUT2D eigenvalue weighted by atomic mass is 10.00. The number of hydrogen-bond acceptors (Lipinski definition) is 5. The molecule has 8 nitrogen and oxygen atoms in total. The third-order valence-electron chi connectivity index (χ3n) is 5.00. The summed E-state index contributed by atoms with van der Waals surface area (Å²) >= 11 is 0. The van der Waals surface area contributed by atoms with E-state index in [4.69, 9.17) is 4.74 Å². The van der Waals surface area contributed by atoms with E-state index in [1.807, 2.05) is 37.8 Å². The van der Waals surface area contributed by atoms with Crippen molar-refractivity contribution in [3.63, 3.8) is 0 Å². The lowest BCUT2D eigenvalue weighted by Crippen LogP contribution is -2.39. The number of benzene rings is 1. The highest BCUT2D eigenvalue weighted by Gasteiger charge is 2.21. The molecular formula is C18H26N6O2. The highest BCUT2D eigenvalue weighted by atomic mass is 16.5. The van der Waals surface area contributed by atoms with Gasteiger partial charge >= 0.3 is 6.03 Å². The molecule has 3 rings (SSSR count). The van der Waals surface area contributed by atoms with E-state index in [9.17, 15) is 4.79 Å². The Bertz CT molecular complexity index is 740. The standard InChI is InChI=1S/C18H26N6O2/c1-4-23(11-15-5-7-26-8-6-15)18(25)20-17-10-16(9-13(2)14(17)3)24-12-19-21-22-24/h9-10,12,15H,4-8,11H2,1-3H3,(H,20,25). The van der Waals surface area contributed by atoms with Crippen molar-refractivity contribution in [3.8, 4) is 5.69 Å². The Labute approximate surface area is 153 Å². The van der Waals surface area contributed by atoms with E-state index >= 15 is 0 Å². The lowest BCUT2D eigenvalue weighted by molar-refractivity contribution is 0.0576. The fraction of sp³-hybridized carbons (Fsp3) is 0.556. The molecule has 1 aromatic heterocycles. The van der Waals surface area contributed by atoms with Crippen LogP contribution in [0.2, 0.25) is 0 Å². The molecule has 0 saturated carbocycles. The van der Waals surface area contributed by atoms with E-state index in [0.29, 0.717) is 12.5 Å². The largest absolute Gasteiger partial charge is 0.381 e. The number of nitrogens with zero attached hydrogens (tertiary/aromatic N) is 5. The average Bonchev–Trinajstić information content (AvgIpc) is 3.18. The molecule has 1 aromatic carbocycles. The fourth-order valence-electron chi connectivity index (χ4n) is 3.17. The van der Waals surface area contributed by atoms with Crippen LogP contribution in [0.5, 0.6) is 0 Å². The molecule has 0 spiro atoms. The molecule has 1 aliphatic heterocycles. The highest BCUT2D eigenvalue weighted by Crippen LogP contribution is 2.24. The SMILES string of the molecule is CCN(CC1CCOCC1)C(=O)Nc1cc(-n2cnnn2)cc(C)c1C. The number of anilines is 1. The number of rotatable bonds is 5. The predicted molar refractivity (Wildman–Crippen MR) is 98.4 cm³/mol. The van der Waals surface area contributed by atoms with Crippen molar-refractivity contribution in [1.82, 2.24) is 25.1 Å². The zero-order valence-electron chi connectivity index (χ0n) is 15.6. The summed E-state index contributed by atoms with van der Waals surface area (Å²) in [4.78, 5) is 14.7. The number of ether oxygens (including phenoxy) is 1. The summed E-state index contributed by atoms with van der Waals surface area (Å²) in [6.07, 6.45) is 3.56. The second-order valence-electron chi connectivity index (χ2n) is 6.71. The molecule has 0 atom stereocenters. The van der Waals surface area contributed by atoms with Crippen molar-refractivity contribution in [1.29, 1.82) is 0 Å². The molecular weight excluding hydrogens is 332 g/mol. The average molecular weight is 358 g/mol. The van der Waals surface area contributed by atoms with Crippen molar-refractivity contribution < 1.29 is 9.53 Å². The molecule has 2 heterocycles. The Hall–Kier alpha value is -2.48. The first-order valence-corrected chi connectivity index (χ1v) is 9.06. The van der Waals surface area contributed by atoms with Crippen molar-refractivity contribution in [2.24, 2.45) is 5.92 Å². The summed E-state index contributed by atoms with van der Waals surface area (Å²) in [7, 11) is 0. The van der Waals surface area contributed by atoms with E-state index in [-0.39, 0.29) is 6.03 Å². The molecule has 0 radical (unpaired) electrons. The van der Waals surface area contributed by atoms with Gasteiger partial charge in [-0.15, -0.1) is 5.10 Å². The maximum Gasteiger partial charge on any atom is 0.321 e. The van der Waals surface area contributed by atoms with Gasteiger partial charge in [-0.1, -0.05) is 0 Å². The third-order valence-corrected chi connectivity index (χ3v) is 5.00. The molecule has 1 saturated heterocycles. The van der Waals surface area contributed by atoms with Crippen molar-refractivity contribution in [2.75, 3.05) is 31.6 Å². The van der Waals surface area contributed by atoms with Crippen molar-refractivity contribution in [2.45, 2.75) is 33.6 Å². The zero-order chi connectivity index (χ0) is 18.5. The maximum absolute atomic E-state index is 12.8. The number of nitrogens with one attached hydrogen (secondary N) is 1. The van der Waals surface area contributed by atoms with Crippen molar-refractivity contribution in [3.05, 3.63) is 29.6 Å². The van der Waals surface area contributed by atoms with Crippen LogP contribution in [0.25, 0.3) is 5.69 Å². The second kappa shape index (κ2) is 8.27. The number of hydrogen-bond donors (Lipinski definition) is 1. The Morgan fingerprint density at radius 3 is 2.77 bits per heavy atom. The number of carbonyl (C=O) groups is 1. The first-order chi connectivity index (χ1) is 12.6. The van der Waals surface area contributed by atoms with Gasteiger partial charge in [-0.3, -0.25) is 0 Å². The van der Waals surface area contributed by atoms with Gasteiger partial charge in [0.2, 0.25) is 0 Å². The Kier molecular flexibility index (Phi) is 5.82. The Morgan fingerprint density at radius 2 is 2.12 bits per heavy atom. The number of amides is 2. The van der Waals surface area contributed by atoms with Crippen LogP contribution < -0.4 is 5.32 Å². The van der Waals surface area contributed by atoms with Gasteiger partial charge < -0.3 is 15.0 Å². The van der Waals surface area contributed by atoms with E-state index in [1.165, 1.54) is 0 Å². The molecule has 2 aromatic rings. The van der Waals surface area contributed by atoms with Crippen molar-refractivity contribution >= 4 is 11.7 Å². The van der Waals surface area contributed by atoms with Crippen LogP contribution >= 0.6 is 0 Å². The second-order valence-corrected chi connectivity index (χ2v) is 6.71. The number of aryl methyl sites for hydroxylation is 1. The summed E-state index contributed by atoms with van der Waals surface area (Å²) < 4.78 is 7.00. The van der Waals surface area contributed by atoms with Crippen LogP contribution in [0.4, 0.5) is 10.5 Å². The Balaban J connectivity index is 1.74. The molecule has 1 fully saturated rings. The van der Waals surface area contributed by atoms with Gasteiger partial charge in [0.05, 0.1) is 5.69 Å². The van der Waals surface area contributed by atoms with Crippen LogP contribution in [0.3, 0.4) is 0 Å². The molecule has 8 heteroatoms. The summed E-state index contributed by atoms with van der Waals surface area (Å²) in [5.74, 6) is 0.504. The van der Waals surface area contributed by atoms with Gasteiger partial charge in [-0.25, -0.2) is 9.48 Å². The molecule has 1 N–H and O–H groups in total. The van der Waals surface area contributed by atoms with Gasteiger partial charge in [0, 0.05) is 32.0 Å². The van der Waals surface area contributed by atoms with E-state index in [2.05, 4.69) is 20.8 Å². The smallest absolute Gasteiger partial charge is 0.321 e. The zero-order valence-corrected chi connectivity index (χ0v) is 15.6. The van der Waals surface area contributed by atoms with Gasteiger partial charge in [0.15, 0.2) is 0 Å². The molecule has 0 unspecified atom stereocenters. The number of carbonyl (C=O) groups excluding carboxylic acids is 1. The molecule has 1 aliphatic rings. The number of urea groups is 1. The van der Waals surface area contributed by atoms with Crippen LogP contribution in [0, 0.1) is 19.8 Å². The van der Waals surface area contributed by atoms with Gasteiger partial charge in [-0.2, -0.15) is 0 Å². The molecule has 26 heavy (non-hydrogen) atoms. The van der Waals surface area contributed by atoms with Crippen LogP contribution in [-0.2, 0) is 4.74 Å². The van der Waals surface area contributed by atoms with Crippen LogP contribution in [0.15, 0.2) is 18.5 Å². The minimum Gasteiger partial charge on any atom is -0.381 e. The van der Waals surface area contributed by atoms with Crippen LogP contribution in [-0.4, -0.2) is 57.4 Å². The molecule has 0 aliphatic carbocycles. The van der Waals surface area contributed by atoms with Gasteiger partial charge in [0.25, 0.3) is 0 Å². The first kappa shape index (κ1) is 18.3. The predicted octanol–water partition coefficient (Wildman–Crippen LogP) is 2.56. The molecule has 2 amide bonds. The minimum absolute atomic E-state index is 0.0737. The monoisotopic (exact) mass is 358 g/mol. The summed E-state index contributed by atoms with van der Waals surface area (Å²) in [6.45, 7) is 9.03. The fourth-order valence-corrected chi connectivity index (χ4v) is 3.17. The van der Waals surface area contributed by atoms with E-state index in [1.54, 1.807) is 11.0 Å². The summed E-state index contributed by atoms with van der Waals surface area (Å²) in [5, 5.41) is 14.3. The topological polar surface area (TPSA) is 85.2 Å². The normalized spacial score (nSPS) is 15.0. The minimum atomic E-state index is -0.0737. The Morgan fingerprint density at radius 1 is 1.35 bits per heavy atom. The summed E-state index contributed by atoms with van der Waals surface area (Å²) in [5.41, 5.74) is 3.71. The molecule has 0 bridgehead atoms. The quantitative estimate of drug-likeness (QED) is 0.888. The van der Waals surface area contributed by atoms with E-state index in [0.717, 1.165) is 55.1 Å². The molecule has 140 valence electrons. The highest BCUT2D eigenvalue weighted by molar-refractivity contribution is 5.90. The third kappa shape index (κ3) is 4.19. The number of aromatic nitrogens is 4. The maximum atomic E-state index is 12.8. The summed E-state index contributed by atoms with van der Waals surface area (Å²) in [6, 6.07) is 3.83. The van der Waals surface area contributed by atoms with Gasteiger partial charge in [0.1, 0.15) is 6.33 Å². The van der Waals surface area contributed by atoms with E-state index < -0.39 is 0 Å². The number of tetrazole rings is 1. The van der Waals surface area contributed by atoms with Gasteiger partial charge in [-0.05, 0) is 73.2 Å². The van der Waals surface area contributed by atoms with Crippen LogP contribution in [0.1, 0.15) is 30.9 Å². The lowest BCUT2D eigenvalue weighted by Gasteiger charge is -2.29. The first-order valence-electron chi connectivity index (χ1n) is 9.06.